The molecular formula is C25H37Cl2FN4O. The van der Waals surface area contributed by atoms with E-state index < -0.39 is 5.83 Å². The van der Waals surface area contributed by atoms with Crippen LogP contribution >= 0.6 is 23.2 Å². The molecule has 33 heavy (non-hydrogen) atoms. The first-order valence-electron chi connectivity index (χ1n) is 11.3. The third-order valence-electron chi connectivity index (χ3n) is 5.18. The third kappa shape index (κ3) is 8.87. The van der Waals surface area contributed by atoms with Crippen LogP contribution in [0.25, 0.3) is 0 Å². The van der Waals surface area contributed by atoms with E-state index in [1.807, 2.05) is 64.0 Å². The molecule has 1 aromatic rings. The molecule has 1 heterocycles. The molecule has 1 aliphatic heterocycles. The van der Waals surface area contributed by atoms with Crippen LogP contribution in [0.3, 0.4) is 0 Å². The van der Waals surface area contributed by atoms with Crippen molar-refractivity contribution in [2.45, 2.75) is 46.7 Å². The summed E-state index contributed by atoms with van der Waals surface area (Å²) in [5, 5.41) is 5.55. The van der Waals surface area contributed by atoms with Gasteiger partial charge < -0.3 is 5.43 Å². The molecule has 1 atom stereocenters. The summed E-state index contributed by atoms with van der Waals surface area (Å²) in [7, 11) is 3.74. The molecule has 1 unspecified atom stereocenters. The number of nitrogens with zero attached hydrogens (tertiary/aromatic N) is 2. The lowest BCUT2D eigenvalue weighted by molar-refractivity contribution is -0.104. The van der Waals surface area contributed by atoms with Crippen LogP contribution in [0, 0.1) is 6.92 Å². The fraction of sp³-hybridized carbons (Fsp3) is 0.480. The first-order chi connectivity index (χ1) is 15.8. The summed E-state index contributed by atoms with van der Waals surface area (Å²) in [6, 6.07) is 7.98. The van der Waals surface area contributed by atoms with Crippen molar-refractivity contribution in [1.29, 1.82) is 0 Å². The van der Waals surface area contributed by atoms with Crippen LogP contribution in [0.1, 0.15) is 50.9 Å². The van der Waals surface area contributed by atoms with E-state index >= 15 is 4.39 Å². The monoisotopic (exact) mass is 498 g/mol. The normalized spacial score (nSPS) is 22.1. The van der Waals surface area contributed by atoms with Gasteiger partial charge in [-0.05, 0) is 37.6 Å². The number of hydrogen-bond acceptors (Lipinski definition) is 5. The first kappa shape index (κ1) is 29.3. The maximum absolute atomic E-state index is 15.2. The number of carbonyl (C=O) groups is 1. The van der Waals surface area contributed by atoms with Crippen molar-refractivity contribution in [3.63, 3.8) is 0 Å². The zero-order valence-corrected chi connectivity index (χ0v) is 22.0. The number of carbonyl (C=O) groups excluding carboxylic acids is 1. The minimum atomic E-state index is -0.588. The Morgan fingerprint density at radius 2 is 2.03 bits per heavy atom. The van der Waals surface area contributed by atoms with Crippen LogP contribution in [0.2, 0.25) is 0 Å². The number of allylic oxidation sites excluding steroid dienone is 2. The summed E-state index contributed by atoms with van der Waals surface area (Å²) in [5.74, 6) is -0.588. The molecule has 0 amide bonds. The number of likely N-dealkylation sites (N-methyl/N-ethyl adjacent to an activating group) is 1. The summed E-state index contributed by atoms with van der Waals surface area (Å²) >= 11 is 12.7. The Balaban J connectivity index is 0.00000265. The average molecular weight is 500 g/mol. The first-order valence-corrected chi connectivity index (χ1v) is 12.1. The van der Waals surface area contributed by atoms with E-state index in [4.69, 9.17) is 23.2 Å². The molecule has 0 radical (unpaired) electrons. The number of aldehydes is 1. The van der Waals surface area contributed by atoms with Crippen molar-refractivity contribution in [1.82, 2.24) is 20.7 Å². The number of rotatable bonds is 8. The van der Waals surface area contributed by atoms with Crippen LogP contribution in [-0.4, -0.2) is 49.9 Å². The molecule has 1 aromatic carbocycles. The summed E-state index contributed by atoms with van der Waals surface area (Å²) in [4.78, 5) is 13.9. The number of hydrogen-bond donors (Lipinski definition) is 2. The number of aryl methyl sites for hydroxylation is 1. The van der Waals surface area contributed by atoms with Gasteiger partial charge in [0, 0.05) is 37.3 Å². The fourth-order valence-corrected chi connectivity index (χ4v) is 4.03. The summed E-state index contributed by atoms with van der Waals surface area (Å²) < 4.78 is 15.2. The van der Waals surface area contributed by atoms with Crippen molar-refractivity contribution in [3.8, 4) is 0 Å². The van der Waals surface area contributed by atoms with E-state index in [2.05, 4.69) is 17.7 Å². The van der Waals surface area contributed by atoms with E-state index in [0.717, 1.165) is 30.5 Å². The molecule has 0 aliphatic carbocycles. The number of nitrogens with one attached hydrogen (secondary N) is 2. The minimum absolute atomic E-state index is 0.0591. The molecular weight excluding hydrogens is 462 g/mol. The van der Waals surface area contributed by atoms with Gasteiger partial charge in [-0.15, -0.1) is 0 Å². The zero-order chi connectivity index (χ0) is 25.0. The lowest BCUT2D eigenvalue weighted by atomic mass is 10.0. The maximum Gasteiger partial charge on any atom is 0.153 e. The van der Waals surface area contributed by atoms with Gasteiger partial charge in [0.2, 0.25) is 0 Å². The zero-order valence-electron chi connectivity index (χ0n) is 20.5. The predicted molar refractivity (Wildman–Crippen MR) is 138 cm³/mol. The van der Waals surface area contributed by atoms with Crippen LogP contribution in [0.15, 0.2) is 57.5 Å². The van der Waals surface area contributed by atoms with Gasteiger partial charge in [-0.2, -0.15) is 0 Å². The van der Waals surface area contributed by atoms with Gasteiger partial charge in [0.15, 0.2) is 6.29 Å². The minimum Gasteiger partial charge on any atom is -0.309 e. The highest BCUT2D eigenvalue weighted by Crippen LogP contribution is 2.28. The smallest absolute Gasteiger partial charge is 0.153 e. The number of unbranched alkanes of at least 4 members (excludes halogenated alkanes) is 1. The van der Waals surface area contributed by atoms with Gasteiger partial charge in [0.1, 0.15) is 11.0 Å². The Morgan fingerprint density at radius 1 is 1.36 bits per heavy atom. The van der Waals surface area contributed by atoms with E-state index in [1.54, 1.807) is 5.01 Å². The Morgan fingerprint density at radius 3 is 2.64 bits per heavy atom. The average Bonchev–Trinajstić information content (AvgIpc) is 2.83. The number of halogens is 3. The molecule has 8 heteroatoms. The van der Waals surface area contributed by atoms with Gasteiger partial charge >= 0.3 is 0 Å². The molecule has 0 saturated carbocycles. The van der Waals surface area contributed by atoms with Gasteiger partial charge in [-0.3, -0.25) is 15.0 Å². The van der Waals surface area contributed by atoms with Crippen LogP contribution in [0.5, 0.6) is 0 Å². The van der Waals surface area contributed by atoms with Crippen LogP contribution < -0.4 is 10.7 Å². The second-order valence-electron chi connectivity index (χ2n) is 7.71. The SMILES string of the molecule is CC.CCCCN(C)N/C(Cl)=C(C=O)/C1=C(F)/C=C(/Cl)CN(C)C(c2ccccc2C)NC1. The number of hydrazine groups is 1. The second kappa shape index (κ2) is 15.3. The fourth-order valence-electron chi connectivity index (χ4n) is 3.44. The molecule has 0 bridgehead atoms. The molecule has 2 N–H and O–H groups in total. The van der Waals surface area contributed by atoms with Gasteiger partial charge in [0.05, 0.1) is 11.7 Å². The van der Waals surface area contributed by atoms with Crippen molar-refractivity contribution >= 4 is 29.5 Å². The van der Waals surface area contributed by atoms with E-state index in [1.165, 1.54) is 6.08 Å². The van der Waals surface area contributed by atoms with Crippen LogP contribution in [-0.2, 0) is 4.79 Å². The molecule has 0 fully saturated rings. The highest BCUT2D eigenvalue weighted by Gasteiger charge is 2.24. The predicted octanol–water partition coefficient (Wildman–Crippen LogP) is 5.79. The number of benzene rings is 1. The highest BCUT2D eigenvalue weighted by atomic mass is 35.5. The standard InChI is InChI=1S/C23H31Cl2FN4O.C2H6/c1-5-6-11-30(4)28-22(25)20(15-31)19-13-27-23(18-10-8-7-9-16(18)2)29(3)14-17(24)12-21(19)26;1-2/h7-10,12,15,23,27-28H,5-6,11,13-14H2,1-4H3;1-2H3/b17-12+,21-19-,22-20+;. The van der Waals surface area contributed by atoms with Crippen molar-refractivity contribution < 1.29 is 9.18 Å². The summed E-state index contributed by atoms with van der Waals surface area (Å²) in [6.45, 7) is 9.30. The van der Waals surface area contributed by atoms with Crippen molar-refractivity contribution in [2.24, 2.45) is 0 Å². The Hall–Kier alpha value is -1.70. The topological polar surface area (TPSA) is 47.6 Å². The van der Waals surface area contributed by atoms with Crippen molar-refractivity contribution in [2.75, 3.05) is 33.7 Å². The molecule has 5 nitrogen and oxygen atoms in total. The van der Waals surface area contributed by atoms with Gasteiger partial charge in [-0.25, -0.2) is 9.40 Å². The van der Waals surface area contributed by atoms with Gasteiger partial charge in [0.25, 0.3) is 0 Å². The molecule has 2 rings (SSSR count). The molecule has 0 saturated heterocycles. The lowest BCUT2D eigenvalue weighted by Gasteiger charge is -2.30. The highest BCUT2D eigenvalue weighted by molar-refractivity contribution is 6.31. The van der Waals surface area contributed by atoms with E-state index in [0.29, 0.717) is 17.9 Å². The largest absolute Gasteiger partial charge is 0.309 e. The molecule has 184 valence electrons. The summed E-state index contributed by atoms with van der Waals surface area (Å²) in [5.41, 5.74) is 5.33. The second-order valence-corrected chi connectivity index (χ2v) is 8.57. The Kier molecular flexibility index (Phi) is 13.6. The summed E-state index contributed by atoms with van der Waals surface area (Å²) in [6.07, 6.45) is 3.59. The lowest BCUT2D eigenvalue weighted by Crippen LogP contribution is -2.38. The van der Waals surface area contributed by atoms with Crippen molar-refractivity contribution in [3.05, 3.63) is 68.6 Å². The van der Waals surface area contributed by atoms with E-state index in [-0.39, 0.29) is 29.0 Å². The molecule has 0 aromatic heterocycles. The van der Waals surface area contributed by atoms with Gasteiger partial charge in [-0.1, -0.05) is 74.7 Å². The Bertz CT molecular complexity index is 870. The molecule has 0 spiro atoms. The molecule has 1 aliphatic rings. The van der Waals surface area contributed by atoms with Crippen LogP contribution in [0.4, 0.5) is 4.39 Å². The maximum atomic E-state index is 15.2. The Labute approximate surface area is 208 Å². The quantitative estimate of drug-likeness (QED) is 0.205. The van der Waals surface area contributed by atoms with E-state index in [9.17, 15) is 4.79 Å². The third-order valence-corrected chi connectivity index (χ3v) is 5.70.